The minimum Gasteiger partial charge on any atom is -0.497 e. The van der Waals surface area contributed by atoms with Gasteiger partial charge >= 0.3 is 0 Å². The maximum Gasteiger partial charge on any atom is 0.144 e. The van der Waals surface area contributed by atoms with Crippen molar-refractivity contribution in [3.05, 3.63) is 90.3 Å². The second kappa shape index (κ2) is 8.81. The van der Waals surface area contributed by atoms with Crippen LogP contribution in [0.4, 0.5) is 0 Å². The molecule has 0 fully saturated rings. The second-order valence-electron chi connectivity index (χ2n) is 8.53. The molecule has 158 valence electrons. The molecule has 0 saturated heterocycles. The Morgan fingerprint density at radius 2 is 1.35 bits per heavy atom. The Kier molecular flexibility index (Phi) is 5.94. The van der Waals surface area contributed by atoms with E-state index in [1.807, 2.05) is 24.4 Å². The van der Waals surface area contributed by atoms with Crippen LogP contribution in [0.1, 0.15) is 50.7 Å². The van der Waals surface area contributed by atoms with Crippen molar-refractivity contribution in [2.45, 2.75) is 39.5 Å². The van der Waals surface area contributed by atoms with Gasteiger partial charge in [-0.1, -0.05) is 70.2 Å². The van der Waals surface area contributed by atoms with Gasteiger partial charge < -0.3 is 4.74 Å². The van der Waals surface area contributed by atoms with Gasteiger partial charge in [-0.25, -0.2) is 4.98 Å². The van der Waals surface area contributed by atoms with E-state index >= 15 is 0 Å². The summed E-state index contributed by atoms with van der Waals surface area (Å²) in [4.78, 5) is 4.71. The van der Waals surface area contributed by atoms with Gasteiger partial charge in [0.15, 0.2) is 0 Å². The molecule has 0 N–H and O–H groups in total. The van der Waals surface area contributed by atoms with Crippen LogP contribution in [0.2, 0.25) is 0 Å². The summed E-state index contributed by atoms with van der Waals surface area (Å²) in [5.74, 6) is 2.59. The molecule has 1 heterocycles. The predicted octanol–water partition coefficient (Wildman–Crippen LogP) is 7.46. The topological polar surface area (TPSA) is 27.1 Å². The third-order valence-electron chi connectivity index (χ3n) is 5.75. The van der Waals surface area contributed by atoms with Gasteiger partial charge in [-0.3, -0.25) is 4.57 Å². The van der Waals surface area contributed by atoms with Crippen LogP contribution in [0.25, 0.3) is 28.2 Å². The average molecular weight is 411 g/mol. The highest BCUT2D eigenvalue weighted by Crippen LogP contribution is 2.38. The van der Waals surface area contributed by atoms with Crippen molar-refractivity contribution < 1.29 is 4.74 Å². The molecule has 4 aromatic rings. The maximum absolute atomic E-state index is 5.34. The van der Waals surface area contributed by atoms with E-state index < -0.39 is 0 Å². The molecule has 3 nitrogen and oxygen atoms in total. The Hall–Kier alpha value is -3.33. The summed E-state index contributed by atoms with van der Waals surface area (Å²) >= 11 is 0. The van der Waals surface area contributed by atoms with E-state index in [1.54, 1.807) is 7.11 Å². The molecule has 0 aliphatic rings. The Balaban J connectivity index is 1.94. The van der Waals surface area contributed by atoms with Crippen LogP contribution in [0.15, 0.2) is 79.1 Å². The van der Waals surface area contributed by atoms with Crippen molar-refractivity contribution >= 4 is 0 Å². The quantitative estimate of drug-likeness (QED) is 0.330. The van der Waals surface area contributed by atoms with E-state index in [1.165, 1.54) is 27.9 Å². The van der Waals surface area contributed by atoms with Crippen LogP contribution in [0, 0.1) is 0 Å². The van der Waals surface area contributed by atoms with E-state index in [9.17, 15) is 0 Å². The lowest BCUT2D eigenvalue weighted by molar-refractivity contribution is 0.415. The number of ether oxygens (including phenoxy) is 1. The summed E-state index contributed by atoms with van der Waals surface area (Å²) in [5, 5.41) is 0. The minimum absolute atomic E-state index is 0.372. The number of hydrogen-bond donors (Lipinski definition) is 0. The molecule has 3 aromatic carbocycles. The molecule has 0 amide bonds. The fourth-order valence-corrected chi connectivity index (χ4v) is 4.07. The Bertz CT molecular complexity index is 1130. The summed E-state index contributed by atoms with van der Waals surface area (Å²) in [6.45, 7) is 9.06. The van der Waals surface area contributed by atoms with Crippen LogP contribution < -0.4 is 4.74 Å². The number of hydrogen-bond acceptors (Lipinski definition) is 2. The molecular formula is C28H30N2O. The molecule has 0 spiro atoms. The molecule has 31 heavy (non-hydrogen) atoms. The largest absolute Gasteiger partial charge is 0.497 e. The lowest BCUT2D eigenvalue weighted by Gasteiger charge is -2.23. The van der Waals surface area contributed by atoms with Gasteiger partial charge in [0.1, 0.15) is 11.6 Å². The molecule has 0 atom stereocenters. The van der Waals surface area contributed by atoms with Gasteiger partial charge in [-0.15, -0.1) is 0 Å². The van der Waals surface area contributed by atoms with E-state index in [4.69, 9.17) is 9.72 Å². The molecule has 0 unspecified atom stereocenters. The lowest BCUT2D eigenvalue weighted by Crippen LogP contribution is -2.08. The number of imidazole rings is 1. The standard InChI is InChI=1S/C28H30N2O/c1-19(2)25-17-23(21-11-13-24(31-5)14-12-21)18-26(20(3)4)27(25)30-16-15-29-28(30)22-9-7-6-8-10-22/h6-20H,1-5H3. The zero-order valence-electron chi connectivity index (χ0n) is 19.0. The number of rotatable bonds is 6. The molecule has 0 aliphatic carbocycles. The number of aromatic nitrogens is 2. The predicted molar refractivity (Wildman–Crippen MR) is 129 cm³/mol. The van der Waals surface area contributed by atoms with Crippen molar-refractivity contribution in [2.75, 3.05) is 7.11 Å². The van der Waals surface area contributed by atoms with Crippen molar-refractivity contribution in [1.29, 1.82) is 0 Å². The summed E-state index contributed by atoms with van der Waals surface area (Å²) in [5.41, 5.74) is 7.46. The first-order valence-corrected chi connectivity index (χ1v) is 10.9. The van der Waals surface area contributed by atoms with Crippen molar-refractivity contribution in [2.24, 2.45) is 0 Å². The smallest absolute Gasteiger partial charge is 0.144 e. The van der Waals surface area contributed by atoms with Gasteiger partial charge in [-0.2, -0.15) is 0 Å². The van der Waals surface area contributed by atoms with E-state index in [2.05, 4.69) is 87.0 Å². The number of methoxy groups -OCH3 is 1. The van der Waals surface area contributed by atoms with Gasteiger partial charge in [0.2, 0.25) is 0 Å². The Morgan fingerprint density at radius 3 is 1.90 bits per heavy atom. The first-order valence-electron chi connectivity index (χ1n) is 10.9. The zero-order valence-corrected chi connectivity index (χ0v) is 19.0. The molecule has 3 heteroatoms. The third-order valence-corrected chi connectivity index (χ3v) is 5.75. The van der Waals surface area contributed by atoms with E-state index in [0.717, 1.165) is 17.1 Å². The van der Waals surface area contributed by atoms with Gasteiger partial charge in [0.25, 0.3) is 0 Å². The van der Waals surface area contributed by atoms with Crippen LogP contribution >= 0.6 is 0 Å². The molecule has 4 rings (SSSR count). The highest BCUT2D eigenvalue weighted by Gasteiger charge is 2.20. The molecule has 0 aliphatic heterocycles. The summed E-state index contributed by atoms with van der Waals surface area (Å²) in [6, 6.07) is 23.4. The Morgan fingerprint density at radius 1 is 0.742 bits per heavy atom. The third kappa shape index (κ3) is 4.13. The maximum atomic E-state index is 5.34. The molecular weight excluding hydrogens is 380 g/mol. The highest BCUT2D eigenvalue weighted by atomic mass is 16.5. The van der Waals surface area contributed by atoms with Crippen LogP contribution in [-0.2, 0) is 0 Å². The summed E-state index contributed by atoms with van der Waals surface area (Å²) < 4.78 is 7.60. The normalized spacial score (nSPS) is 11.3. The summed E-state index contributed by atoms with van der Waals surface area (Å²) in [6.07, 6.45) is 3.98. The fraction of sp³-hybridized carbons (Fsp3) is 0.250. The number of nitrogens with zero attached hydrogens (tertiary/aromatic N) is 2. The fourth-order valence-electron chi connectivity index (χ4n) is 4.07. The van der Waals surface area contributed by atoms with Crippen LogP contribution in [0.3, 0.4) is 0 Å². The first kappa shape index (κ1) is 20.9. The van der Waals surface area contributed by atoms with Crippen LogP contribution in [-0.4, -0.2) is 16.7 Å². The Labute approximate surface area is 185 Å². The van der Waals surface area contributed by atoms with Crippen molar-refractivity contribution in [3.8, 4) is 34.0 Å². The van der Waals surface area contributed by atoms with E-state index in [-0.39, 0.29) is 0 Å². The van der Waals surface area contributed by atoms with Crippen molar-refractivity contribution in [1.82, 2.24) is 9.55 Å². The molecule has 1 aromatic heterocycles. The number of benzene rings is 3. The second-order valence-corrected chi connectivity index (χ2v) is 8.53. The van der Waals surface area contributed by atoms with Gasteiger partial charge in [-0.05, 0) is 58.4 Å². The first-order chi connectivity index (χ1) is 15.0. The minimum atomic E-state index is 0.372. The molecule has 0 bridgehead atoms. The van der Waals surface area contributed by atoms with Crippen molar-refractivity contribution in [3.63, 3.8) is 0 Å². The van der Waals surface area contributed by atoms with Crippen LogP contribution in [0.5, 0.6) is 5.75 Å². The monoisotopic (exact) mass is 410 g/mol. The van der Waals surface area contributed by atoms with Gasteiger partial charge in [0, 0.05) is 18.0 Å². The lowest BCUT2D eigenvalue weighted by atomic mass is 9.88. The molecule has 0 saturated carbocycles. The highest BCUT2D eigenvalue weighted by molar-refractivity contribution is 5.71. The summed E-state index contributed by atoms with van der Waals surface area (Å²) in [7, 11) is 1.70. The van der Waals surface area contributed by atoms with E-state index in [0.29, 0.717) is 11.8 Å². The van der Waals surface area contributed by atoms with Gasteiger partial charge in [0.05, 0.1) is 12.8 Å². The zero-order chi connectivity index (χ0) is 22.0. The average Bonchev–Trinajstić information content (AvgIpc) is 3.28. The molecule has 0 radical (unpaired) electrons. The SMILES string of the molecule is COc1ccc(-c2cc(C(C)C)c(-n3ccnc3-c3ccccc3)c(C(C)C)c2)cc1.